The maximum absolute atomic E-state index is 11.0. The number of aromatic carboxylic acids is 1. The maximum atomic E-state index is 11.0. The molecule has 0 amide bonds. The van der Waals surface area contributed by atoms with Crippen molar-refractivity contribution >= 4 is 16.9 Å². The molecule has 1 aromatic heterocycles. The van der Waals surface area contributed by atoms with E-state index in [2.05, 4.69) is 26.9 Å². The highest BCUT2D eigenvalue weighted by Crippen LogP contribution is 2.19. The lowest BCUT2D eigenvalue weighted by molar-refractivity contribution is 0.0699. The van der Waals surface area contributed by atoms with Crippen molar-refractivity contribution in [3.05, 3.63) is 46.0 Å². The molecular formula is C12H8N4O2. The van der Waals surface area contributed by atoms with Crippen molar-refractivity contribution in [3.8, 4) is 11.8 Å². The normalized spacial score (nSPS) is 9.33. The second-order valence-corrected chi connectivity index (χ2v) is 3.46. The first kappa shape index (κ1) is 11.6. The molecule has 0 atom stereocenters. The number of nitrogens with one attached hydrogen (secondary N) is 1. The Morgan fingerprint density at radius 1 is 1.56 bits per heavy atom. The molecule has 88 valence electrons. The number of aromatic amines is 1. The fourth-order valence-electron chi connectivity index (χ4n) is 1.58. The molecule has 0 saturated heterocycles. The summed E-state index contributed by atoms with van der Waals surface area (Å²) in [6.45, 7) is 0.0907. The van der Waals surface area contributed by atoms with E-state index in [0.717, 1.165) is 5.52 Å². The number of aromatic nitrogens is 1. The van der Waals surface area contributed by atoms with Gasteiger partial charge in [0.05, 0.1) is 12.1 Å². The first-order valence-corrected chi connectivity index (χ1v) is 5.06. The van der Waals surface area contributed by atoms with E-state index >= 15 is 0 Å². The topological polar surface area (TPSA) is 102 Å². The number of rotatable bonds is 2. The van der Waals surface area contributed by atoms with Crippen molar-refractivity contribution in [1.29, 1.82) is 0 Å². The zero-order valence-electron chi connectivity index (χ0n) is 9.21. The van der Waals surface area contributed by atoms with E-state index in [1.165, 1.54) is 6.20 Å². The highest BCUT2D eigenvalue weighted by molar-refractivity contribution is 6.03. The van der Waals surface area contributed by atoms with Gasteiger partial charge in [0.1, 0.15) is 0 Å². The number of benzene rings is 1. The Labute approximate surface area is 102 Å². The first-order chi connectivity index (χ1) is 8.72. The van der Waals surface area contributed by atoms with Crippen LogP contribution in [0.25, 0.3) is 21.3 Å². The van der Waals surface area contributed by atoms with Crippen molar-refractivity contribution in [2.24, 2.45) is 5.11 Å². The van der Waals surface area contributed by atoms with Crippen LogP contribution in [-0.4, -0.2) is 22.6 Å². The lowest BCUT2D eigenvalue weighted by Crippen LogP contribution is -1.93. The quantitative estimate of drug-likeness (QED) is 0.364. The van der Waals surface area contributed by atoms with Crippen LogP contribution in [0.15, 0.2) is 29.5 Å². The average Bonchev–Trinajstić information content (AvgIpc) is 2.77. The zero-order valence-corrected chi connectivity index (χ0v) is 9.21. The molecule has 2 N–H and O–H groups in total. The van der Waals surface area contributed by atoms with E-state index in [1.807, 2.05) is 0 Å². The minimum Gasteiger partial charge on any atom is -0.478 e. The lowest BCUT2D eigenvalue weighted by atomic mass is 10.1. The summed E-state index contributed by atoms with van der Waals surface area (Å²) < 4.78 is 0. The van der Waals surface area contributed by atoms with Gasteiger partial charge in [-0.25, -0.2) is 4.79 Å². The smallest absolute Gasteiger partial charge is 0.337 e. The van der Waals surface area contributed by atoms with Crippen LogP contribution < -0.4 is 0 Å². The highest BCUT2D eigenvalue weighted by atomic mass is 16.4. The predicted molar refractivity (Wildman–Crippen MR) is 66.1 cm³/mol. The number of carbonyl (C=O) groups is 1. The Morgan fingerprint density at radius 3 is 3.11 bits per heavy atom. The second-order valence-electron chi connectivity index (χ2n) is 3.46. The van der Waals surface area contributed by atoms with Crippen molar-refractivity contribution in [3.63, 3.8) is 0 Å². The molecule has 0 aliphatic rings. The van der Waals surface area contributed by atoms with Crippen LogP contribution in [-0.2, 0) is 0 Å². The minimum atomic E-state index is -0.986. The van der Waals surface area contributed by atoms with Crippen LogP contribution in [0.1, 0.15) is 15.9 Å². The summed E-state index contributed by atoms with van der Waals surface area (Å²) in [5.41, 5.74) is 9.73. The number of nitrogens with zero attached hydrogens (tertiary/aromatic N) is 3. The molecule has 0 bridgehead atoms. The SMILES string of the molecule is [N-]=[N+]=NCC#Cc1ccc2[nH]cc(C(=O)O)c2c1. The van der Waals surface area contributed by atoms with Crippen LogP contribution in [0, 0.1) is 11.8 Å². The third-order valence-electron chi connectivity index (χ3n) is 2.36. The van der Waals surface area contributed by atoms with Gasteiger partial charge < -0.3 is 10.1 Å². The second kappa shape index (κ2) is 4.95. The molecule has 0 aliphatic heterocycles. The van der Waals surface area contributed by atoms with Crippen molar-refractivity contribution < 1.29 is 9.90 Å². The Bertz CT molecular complexity index is 714. The standard InChI is InChI=1S/C12H8N4O2/c13-16-15-5-1-2-8-3-4-11-9(6-8)10(7-14-11)12(17)18/h3-4,6-7,14H,5H2,(H,17,18). The van der Waals surface area contributed by atoms with Gasteiger partial charge in [-0.1, -0.05) is 17.0 Å². The molecule has 0 radical (unpaired) electrons. The van der Waals surface area contributed by atoms with E-state index in [4.69, 9.17) is 10.6 Å². The van der Waals surface area contributed by atoms with Crippen molar-refractivity contribution in [2.75, 3.05) is 6.54 Å². The van der Waals surface area contributed by atoms with Crippen molar-refractivity contribution in [1.82, 2.24) is 4.98 Å². The molecule has 2 rings (SSSR count). The number of carboxylic acid groups (broad SMARTS) is 1. The van der Waals surface area contributed by atoms with Gasteiger partial charge >= 0.3 is 5.97 Å². The molecule has 0 saturated carbocycles. The van der Waals surface area contributed by atoms with Crippen molar-refractivity contribution in [2.45, 2.75) is 0 Å². The number of hydrogen-bond donors (Lipinski definition) is 2. The summed E-state index contributed by atoms with van der Waals surface area (Å²) in [7, 11) is 0. The number of carboxylic acids is 1. The van der Waals surface area contributed by atoms with E-state index in [-0.39, 0.29) is 12.1 Å². The van der Waals surface area contributed by atoms with E-state index < -0.39 is 5.97 Å². The summed E-state index contributed by atoms with van der Waals surface area (Å²) in [5.74, 6) is 4.50. The maximum Gasteiger partial charge on any atom is 0.337 e. The monoisotopic (exact) mass is 240 g/mol. The number of hydrogen-bond acceptors (Lipinski definition) is 2. The van der Waals surface area contributed by atoms with Gasteiger partial charge in [0, 0.05) is 27.6 Å². The fourth-order valence-corrected chi connectivity index (χ4v) is 1.58. The molecule has 0 unspecified atom stereocenters. The summed E-state index contributed by atoms with van der Waals surface area (Å²) in [6.07, 6.45) is 1.45. The fraction of sp³-hybridized carbons (Fsp3) is 0.0833. The van der Waals surface area contributed by atoms with Gasteiger partial charge in [0.25, 0.3) is 0 Å². The molecule has 1 heterocycles. The van der Waals surface area contributed by atoms with E-state index in [9.17, 15) is 4.79 Å². The Morgan fingerprint density at radius 2 is 2.39 bits per heavy atom. The summed E-state index contributed by atoms with van der Waals surface area (Å²) in [6, 6.07) is 5.23. The van der Waals surface area contributed by atoms with Gasteiger partial charge in [-0.15, -0.1) is 0 Å². The average molecular weight is 240 g/mol. The van der Waals surface area contributed by atoms with Gasteiger partial charge in [0.15, 0.2) is 0 Å². The summed E-state index contributed by atoms with van der Waals surface area (Å²) in [4.78, 5) is 16.4. The van der Waals surface area contributed by atoms with E-state index in [0.29, 0.717) is 10.9 Å². The Balaban J connectivity index is 2.41. The number of azide groups is 1. The molecule has 6 nitrogen and oxygen atoms in total. The van der Waals surface area contributed by atoms with Gasteiger partial charge in [-0.3, -0.25) is 0 Å². The van der Waals surface area contributed by atoms with Crippen LogP contribution in [0.5, 0.6) is 0 Å². The molecule has 0 aliphatic carbocycles. The summed E-state index contributed by atoms with van der Waals surface area (Å²) >= 11 is 0. The third kappa shape index (κ3) is 2.26. The highest BCUT2D eigenvalue weighted by Gasteiger charge is 2.09. The van der Waals surface area contributed by atoms with Crippen LogP contribution in [0.4, 0.5) is 0 Å². The number of fused-ring (bicyclic) bond motifs is 1. The van der Waals surface area contributed by atoms with E-state index in [1.54, 1.807) is 18.2 Å². The van der Waals surface area contributed by atoms with Gasteiger partial charge in [-0.05, 0) is 23.7 Å². The minimum absolute atomic E-state index is 0.0907. The van der Waals surface area contributed by atoms with Crippen LogP contribution in [0.3, 0.4) is 0 Å². The molecular weight excluding hydrogens is 232 g/mol. The molecule has 1 aromatic carbocycles. The first-order valence-electron chi connectivity index (χ1n) is 5.06. The Hall–Kier alpha value is -2.90. The lowest BCUT2D eigenvalue weighted by Gasteiger charge is -1.94. The molecule has 6 heteroatoms. The summed E-state index contributed by atoms with van der Waals surface area (Å²) in [5, 5.41) is 12.9. The zero-order chi connectivity index (χ0) is 13.0. The predicted octanol–water partition coefficient (Wildman–Crippen LogP) is 2.53. The van der Waals surface area contributed by atoms with Crippen LogP contribution in [0.2, 0.25) is 0 Å². The largest absolute Gasteiger partial charge is 0.478 e. The third-order valence-corrected chi connectivity index (χ3v) is 2.36. The molecule has 0 spiro atoms. The van der Waals surface area contributed by atoms with Gasteiger partial charge in [0.2, 0.25) is 0 Å². The number of H-pyrrole nitrogens is 1. The molecule has 18 heavy (non-hydrogen) atoms. The Kier molecular flexibility index (Phi) is 3.19. The van der Waals surface area contributed by atoms with Crippen LogP contribution >= 0.6 is 0 Å². The van der Waals surface area contributed by atoms with Gasteiger partial charge in [-0.2, -0.15) is 0 Å². The molecule has 0 fully saturated rings. The molecule has 2 aromatic rings.